The Kier molecular flexibility index (Phi) is 6.31. The Morgan fingerprint density at radius 1 is 1.11 bits per heavy atom. The lowest BCUT2D eigenvalue weighted by Gasteiger charge is -2.51. The van der Waals surface area contributed by atoms with Crippen molar-refractivity contribution in [3.63, 3.8) is 0 Å². The van der Waals surface area contributed by atoms with E-state index in [1.165, 1.54) is 58.4 Å². The summed E-state index contributed by atoms with van der Waals surface area (Å²) < 4.78 is 0. The van der Waals surface area contributed by atoms with Crippen LogP contribution in [0, 0.1) is 17.8 Å². The molecule has 0 aliphatic carbocycles. The van der Waals surface area contributed by atoms with Gasteiger partial charge in [-0.05, 0) is 87.4 Å². The van der Waals surface area contributed by atoms with Crippen molar-refractivity contribution in [2.75, 3.05) is 44.6 Å². The highest BCUT2D eigenvalue weighted by molar-refractivity contribution is 7.80. The normalized spacial score (nSPS) is 31.6. The van der Waals surface area contributed by atoms with Crippen molar-refractivity contribution in [3.05, 3.63) is 30.3 Å². The average molecular weight is 387 g/mol. The standard InChI is InChI=1S/C22H34N4S/c1-17-7-10-25(11-8-17)15-19-16-26-12-9-18(19)13-21(26)14-23-22(27)24-20-5-3-2-4-6-20/h2-6,17-19,21H,7-16H2,1H3,(H2,23,24,27)/t18-,19+,21+/m0/s1. The third-order valence-electron chi connectivity index (χ3n) is 6.91. The number of likely N-dealkylation sites (tertiary alicyclic amines) is 1. The van der Waals surface area contributed by atoms with E-state index in [0.717, 1.165) is 35.1 Å². The zero-order chi connectivity index (χ0) is 18.6. The molecule has 148 valence electrons. The minimum absolute atomic E-state index is 0.636. The van der Waals surface area contributed by atoms with Crippen LogP contribution in [0.25, 0.3) is 0 Å². The number of fused-ring (bicyclic) bond motifs is 3. The predicted molar refractivity (Wildman–Crippen MR) is 117 cm³/mol. The minimum Gasteiger partial charge on any atom is -0.361 e. The molecule has 4 atom stereocenters. The zero-order valence-corrected chi connectivity index (χ0v) is 17.4. The highest BCUT2D eigenvalue weighted by Crippen LogP contribution is 2.37. The molecule has 5 rings (SSSR count). The van der Waals surface area contributed by atoms with Crippen molar-refractivity contribution in [2.24, 2.45) is 17.8 Å². The summed E-state index contributed by atoms with van der Waals surface area (Å²) in [7, 11) is 0. The number of piperidine rings is 4. The summed E-state index contributed by atoms with van der Waals surface area (Å²) in [5, 5.41) is 7.48. The number of benzene rings is 1. The number of nitrogens with zero attached hydrogens (tertiary/aromatic N) is 2. The molecule has 1 aromatic carbocycles. The van der Waals surface area contributed by atoms with E-state index in [1.807, 2.05) is 30.3 Å². The van der Waals surface area contributed by atoms with Crippen molar-refractivity contribution in [1.29, 1.82) is 0 Å². The van der Waals surface area contributed by atoms with E-state index in [1.54, 1.807) is 0 Å². The topological polar surface area (TPSA) is 30.5 Å². The quantitative estimate of drug-likeness (QED) is 0.757. The first-order valence-corrected chi connectivity index (χ1v) is 11.1. The van der Waals surface area contributed by atoms with Gasteiger partial charge >= 0.3 is 0 Å². The summed E-state index contributed by atoms with van der Waals surface area (Å²) in [5.74, 6) is 2.70. The predicted octanol–water partition coefficient (Wildman–Crippen LogP) is 3.42. The van der Waals surface area contributed by atoms with Gasteiger partial charge in [0, 0.05) is 31.4 Å². The Hall–Kier alpha value is -1.17. The fourth-order valence-electron chi connectivity index (χ4n) is 5.15. The molecular weight excluding hydrogens is 352 g/mol. The Morgan fingerprint density at radius 2 is 1.89 bits per heavy atom. The van der Waals surface area contributed by atoms with Gasteiger partial charge in [-0.3, -0.25) is 4.90 Å². The van der Waals surface area contributed by atoms with Crippen LogP contribution in [-0.4, -0.2) is 60.2 Å². The molecule has 1 aromatic rings. The summed E-state index contributed by atoms with van der Waals surface area (Å²) in [6, 6.07) is 10.8. The van der Waals surface area contributed by atoms with Crippen LogP contribution >= 0.6 is 12.2 Å². The molecule has 4 nitrogen and oxygen atoms in total. The molecule has 1 unspecified atom stereocenters. The van der Waals surface area contributed by atoms with E-state index in [9.17, 15) is 0 Å². The second kappa shape index (κ2) is 8.89. The van der Waals surface area contributed by atoms with Gasteiger partial charge in [0.25, 0.3) is 0 Å². The second-order valence-electron chi connectivity index (χ2n) is 8.88. The van der Waals surface area contributed by atoms with Gasteiger partial charge in [-0.1, -0.05) is 25.1 Å². The molecule has 4 saturated heterocycles. The van der Waals surface area contributed by atoms with E-state index < -0.39 is 0 Å². The minimum atomic E-state index is 0.636. The van der Waals surface area contributed by atoms with Crippen LogP contribution in [0.1, 0.15) is 32.6 Å². The van der Waals surface area contributed by atoms with Crippen LogP contribution < -0.4 is 10.6 Å². The molecule has 4 aliphatic rings. The molecule has 4 fully saturated rings. The van der Waals surface area contributed by atoms with Gasteiger partial charge in [-0.2, -0.15) is 0 Å². The smallest absolute Gasteiger partial charge is 0.170 e. The molecule has 0 aromatic heterocycles. The number of rotatable bonds is 5. The van der Waals surface area contributed by atoms with E-state index in [4.69, 9.17) is 12.2 Å². The molecule has 0 spiro atoms. The van der Waals surface area contributed by atoms with Gasteiger partial charge in [0.2, 0.25) is 0 Å². The summed E-state index contributed by atoms with van der Waals surface area (Å²) in [4.78, 5) is 5.45. The molecule has 5 heteroatoms. The van der Waals surface area contributed by atoms with Crippen LogP contribution in [-0.2, 0) is 0 Å². The van der Waals surface area contributed by atoms with E-state index in [0.29, 0.717) is 6.04 Å². The molecule has 27 heavy (non-hydrogen) atoms. The third kappa shape index (κ3) is 5.01. The third-order valence-corrected chi connectivity index (χ3v) is 7.16. The lowest BCUT2D eigenvalue weighted by molar-refractivity contribution is -0.0138. The van der Waals surface area contributed by atoms with Gasteiger partial charge < -0.3 is 15.5 Å². The van der Waals surface area contributed by atoms with Gasteiger partial charge in [0.15, 0.2) is 5.11 Å². The molecule has 4 heterocycles. The summed E-state index contributed by atoms with van der Waals surface area (Å²) in [6.45, 7) is 9.86. The Bertz CT molecular complexity index is 614. The maximum Gasteiger partial charge on any atom is 0.170 e. The van der Waals surface area contributed by atoms with E-state index in [2.05, 4.69) is 27.4 Å². The molecule has 2 bridgehead atoms. The number of anilines is 1. The molecule has 0 amide bonds. The van der Waals surface area contributed by atoms with Gasteiger partial charge in [-0.15, -0.1) is 0 Å². The van der Waals surface area contributed by atoms with Crippen LogP contribution in [0.4, 0.5) is 5.69 Å². The first kappa shape index (κ1) is 19.2. The molecule has 4 aliphatic heterocycles. The highest BCUT2D eigenvalue weighted by Gasteiger charge is 2.40. The van der Waals surface area contributed by atoms with Crippen LogP contribution in [0.15, 0.2) is 30.3 Å². The molecule has 0 radical (unpaired) electrons. The first-order valence-electron chi connectivity index (χ1n) is 10.7. The van der Waals surface area contributed by atoms with Crippen molar-refractivity contribution >= 4 is 23.0 Å². The summed E-state index contributed by atoms with van der Waals surface area (Å²) in [6.07, 6.45) is 5.49. The zero-order valence-electron chi connectivity index (χ0n) is 16.6. The number of nitrogens with one attached hydrogen (secondary N) is 2. The van der Waals surface area contributed by atoms with Gasteiger partial charge in [0.1, 0.15) is 0 Å². The van der Waals surface area contributed by atoms with E-state index in [-0.39, 0.29) is 0 Å². The maximum absolute atomic E-state index is 5.48. The molecule has 0 saturated carbocycles. The fraction of sp³-hybridized carbons (Fsp3) is 0.682. The highest BCUT2D eigenvalue weighted by atomic mass is 32.1. The van der Waals surface area contributed by atoms with Crippen LogP contribution in [0.2, 0.25) is 0 Å². The van der Waals surface area contributed by atoms with Gasteiger partial charge in [0.05, 0.1) is 0 Å². The number of hydrogen-bond donors (Lipinski definition) is 2. The van der Waals surface area contributed by atoms with Crippen LogP contribution in [0.3, 0.4) is 0 Å². The summed E-state index contributed by atoms with van der Waals surface area (Å²) >= 11 is 5.48. The maximum atomic E-state index is 5.48. The first-order chi connectivity index (χ1) is 13.2. The Labute approximate surface area is 169 Å². The average Bonchev–Trinajstić information content (AvgIpc) is 2.70. The van der Waals surface area contributed by atoms with Crippen molar-refractivity contribution in [1.82, 2.24) is 15.1 Å². The largest absolute Gasteiger partial charge is 0.361 e. The monoisotopic (exact) mass is 386 g/mol. The van der Waals surface area contributed by atoms with E-state index >= 15 is 0 Å². The van der Waals surface area contributed by atoms with Crippen molar-refractivity contribution in [2.45, 2.75) is 38.6 Å². The lowest BCUT2D eigenvalue weighted by Crippen LogP contribution is -2.58. The molecule has 2 N–H and O–H groups in total. The van der Waals surface area contributed by atoms with Crippen molar-refractivity contribution in [3.8, 4) is 0 Å². The van der Waals surface area contributed by atoms with Crippen LogP contribution in [0.5, 0.6) is 0 Å². The summed E-state index contributed by atoms with van der Waals surface area (Å²) in [5.41, 5.74) is 1.05. The number of hydrogen-bond acceptors (Lipinski definition) is 3. The fourth-order valence-corrected chi connectivity index (χ4v) is 5.35. The number of thiocarbonyl (C=S) groups is 1. The Morgan fingerprint density at radius 3 is 2.59 bits per heavy atom. The Balaban J connectivity index is 1.22. The SMILES string of the molecule is CC1CCN(C[C@@H]2CN3CC[C@H]2C[C@@H]3CNC(=S)Nc2ccccc2)CC1. The lowest BCUT2D eigenvalue weighted by atomic mass is 9.75. The van der Waals surface area contributed by atoms with Gasteiger partial charge in [-0.25, -0.2) is 0 Å². The number of para-hydroxylation sites is 1. The molecular formula is C22H34N4S. The van der Waals surface area contributed by atoms with Crippen molar-refractivity contribution < 1.29 is 0 Å². The second-order valence-corrected chi connectivity index (χ2v) is 9.29.